The van der Waals surface area contributed by atoms with Gasteiger partial charge in [0.25, 0.3) is 0 Å². The monoisotopic (exact) mass is 249 g/mol. The van der Waals surface area contributed by atoms with Crippen molar-refractivity contribution in [2.45, 2.75) is 19.9 Å². The van der Waals surface area contributed by atoms with Crippen LogP contribution in [0.15, 0.2) is 29.1 Å². The van der Waals surface area contributed by atoms with Crippen molar-refractivity contribution in [2.24, 2.45) is 0 Å². The molecule has 1 heterocycles. The number of hydrogen-bond acceptors (Lipinski definition) is 2. The SMILES string of the molecule is CCn1c(CC(=O)O)cc(=O)c2cccc(F)c21. The molecule has 5 heteroatoms. The van der Waals surface area contributed by atoms with Gasteiger partial charge in [0, 0.05) is 23.7 Å². The number of nitrogens with zero attached hydrogens (tertiary/aromatic N) is 1. The minimum atomic E-state index is -1.05. The van der Waals surface area contributed by atoms with E-state index in [9.17, 15) is 14.0 Å². The van der Waals surface area contributed by atoms with Crippen LogP contribution in [-0.2, 0) is 17.8 Å². The molecule has 0 spiro atoms. The van der Waals surface area contributed by atoms with Gasteiger partial charge in [0.1, 0.15) is 5.82 Å². The Balaban J connectivity index is 2.86. The van der Waals surface area contributed by atoms with E-state index in [1.165, 1.54) is 28.8 Å². The normalized spacial score (nSPS) is 10.8. The summed E-state index contributed by atoms with van der Waals surface area (Å²) in [6.45, 7) is 2.18. The van der Waals surface area contributed by atoms with Gasteiger partial charge >= 0.3 is 5.97 Å². The number of hydrogen-bond donors (Lipinski definition) is 1. The van der Waals surface area contributed by atoms with Crippen LogP contribution in [0, 0.1) is 5.82 Å². The van der Waals surface area contributed by atoms with E-state index < -0.39 is 11.8 Å². The van der Waals surface area contributed by atoms with E-state index in [1.54, 1.807) is 6.92 Å². The lowest BCUT2D eigenvalue weighted by molar-refractivity contribution is -0.136. The minimum absolute atomic E-state index is 0.170. The maximum absolute atomic E-state index is 13.8. The number of carbonyl (C=O) groups is 1. The van der Waals surface area contributed by atoms with Gasteiger partial charge in [-0.05, 0) is 19.1 Å². The zero-order chi connectivity index (χ0) is 13.3. The fourth-order valence-corrected chi connectivity index (χ4v) is 2.10. The summed E-state index contributed by atoms with van der Waals surface area (Å²) >= 11 is 0. The molecule has 0 aliphatic rings. The van der Waals surface area contributed by atoms with Gasteiger partial charge < -0.3 is 9.67 Å². The van der Waals surface area contributed by atoms with Crippen LogP contribution in [0.4, 0.5) is 4.39 Å². The average Bonchev–Trinajstić information content (AvgIpc) is 2.30. The van der Waals surface area contributed by atoms with Crippen molar-refractivity contribution in [1.29, 1.82) is 0 Å². The summed E-state index contributed by atoms with van der Waals surface area (Å²) in [4.78, 5) is 22.6. The van der Waals surface area contributed by atoms with Crippen LogP contribution in [0.1, 0.15) is 12.6 Å². The van der Waals surface area contributed by atoms with Gasteiger partial charge in [-0.25, -0.2) is 4.39 Å². The van der Waals surface area contributed by atoms with Crippen LogP contribution in [0.25, 0.3) is 10.9 Å². The lowest BCUT2D eigenvalue weighted by atomic mass is 10.1. The highest BCUT2D eigenvalue weighted by Gasteiger charge is 2.13. The first-order valence-corrected chi connectivity index (χ1v) is 5.57. The van der Waals surface area contributed by atoms with Gasteiger partial charge in [0.2, 0.25) is 0 Å². The fourth-order valence-electron chi connectivity index (χ4n) is 2.10. The number of aliphatic carboxylic acids is 1. The molecule has 2 aromatic rings. The molecule has 0 unspecified atom stereocenters. The largest absolute Gasteiger partial charge is 0.481 e. The van der Waals surface area contributed by atoms with Gasteiger partial charge in [0.15, 0.2) is 5.43 Å². The Morgan fingerprint density at radius 1 is 1.44 bits per heavy atom. The summed E-state index contributed by atoms with van der Waals surface area (Å²) in [5.74, 6) is -1.56. The number of halogens is 1. The highest BCUT2D eigenvalue weighted by atomic mass is 19.1. The second-order valence-electron chi connectivity index (χ2n) is 3.95. The molecule has 4 nitrogen and oxygen atoms in total. The number of para-hydroxylation sites is 1. The maximum Gasteiger partial charge on any atom is 0.309 e. The van der Waals surface area contributed by atoms with E-state index in [2.05, 4.69) is 0 Å². The Morgan fingerprint density at radius 2 is 2.17 bits per heavy atom. The molecular formula is C13H12FNO3. The van der Waals surface area contributed by atoms with Crippen LogP contribution < -0.4 is 5.43 Å². The maximum atomic E-state index is 13.8. The number of aromatic nitrogens is 1. The lowest BCUT2D eigenvalue weighted by Crippen LogP contribution is -2.17. The molecule has 0 amide bonds. The van der Waals surface area contributed by atoms with E-state index in [1.807, 2.05) is 0 Å². The van der Waals surface area contributed by atoms with Crippen molar-refractivity contribution in [2.75, 3.05) is 0 Å². The first kappa shape index (κ1) is 12.3. The lowest BCUT2D eigenvalue weighted by Gasteiger charge is -2.14. The zero-order valence-corrected chi connectivity index (χ0v) is 9.81. The third kappa shape index (κ3) is 1.99. The molecule has 1 N–H and O–H groups in total. The van der Waals surface area contributed by atoms with Crippen molar-refractivity contribution in [3.63, 3.8) is 0 Å². The highest BCUT2D eigenvalue weighted by Crippen LogP contribution is 2.17. The molecule has 18 heavy (non-hydrogen) atoms. The van der Waals surface area contributed by atoms with E-state index in [0.29, 0.717) is 12.2 Å². The summed E-state index contributed by atoms with van der Waals surface area (Å²) < 4.78 is 15.4. The Kier molecular flexibility index (Phi) is 3.14. The van der Waals surface area contributed by atoms with E-state index in [-0.39, 0.29) is 22.8 Å². The Morgan fingerprint density at radius 3 is 2.78 bits per heavy atom. The highest BCUT2D eigenvalue weighted by molar-refractivity contribution is 5.81. The first-order valence-electron chi connectivity index (χ1n) is 5.57. The van der Waals surface area contributed by atoms with Crippen LogP contribution in [0.3, 0.4) is 0 Å². The van der Waals surface area contributed by atoms with Crippen molar-refractivity contribution in [3.8, 4) is 0 Å². The number of benzene rings is 1. The van der Waals surface area contributed by atoms with Crippen LogP contribution in [-0.4, -0.2) is 15.6 Å². The molecular weight excluding hydrogens is 237 g/mol. The number of aryl methyl sites for hydroxylation is 1. The summed E-state index contributed by atoms with van der Waals surface area (Å²) in [6.07, 6.45) is -0.298. The quantitative estimate of drug-likeness (QED) is 0.902. The number of rotatable bonds is 3. The Labute approximate surface area is 102 Å². The van der Waals surface area contributed by atoms with E-state index >= 15 is 0 Å². The molecule has 0 bridgehead atoms. The first-order chi connectivity index (χ1) is 8.54. The van der Waals surface area contributed by atoms with Gasteiger partial charge in [0.05, 0.1) is 11.9 Å². The van der Waals surface area contributed by atoms with Crippen molar-refractivity contribution >= 4 is 16.9 Å². The predicted molar refractivity (Wildman–Crippen MR) is 65.2 cm³/mol. The van der Waals surface area contributed by atoms with E-state index in [0.717, 1.165) is 0 Å². The second kappa shape index (κ2) is 4.60. The zero-order valence-electron chi connectivity index (χ0n) is 9.81. The fraction of sp³-hybridized carbons (Fsp3) is 0.231. The topological polar surface area (TPSA) is 59.3 Å². The number of pyridine rings is 1. The van der Waals surface area contributed by atoms with Crippen LogP contribution in [0.2, 0.25) is 0 Å². The van der Waals surface area contributed by atoms with Crippen molar-refractivity contribution in [3.05, 3.63) is 46.0 Å². The Hall–Kier alpha value is -2.17. The number of fused-ring (bicyclic) bond motifs is 1. The molecule has 0 aliphatic carbocycles. The predicted octanol–water partition coefficient (Wildman–Crippen LogP) is 1.79. The van der Waals surface area contributed by atoms with Crippen molar-refractivity contribution in [1.82, 2.24) is 4.57 Å². The molecule has 0 atom stereocenters. The third-order valence-electron chi connectivity index (χ3n) is 2.82. The summed E-state index contributed by atoms with van der Waals surface area (Å²) in [7, 11) is 0. The summed E-state index contributed by atoms with van der Waals surface area (Å²) in [5, 5.41) is 9.08. The summed E-state index contributed by atoms with van der Waals surface area (Å²) in [6, 6.07) is 5.53. The molecule has 94 valence electrons. The Bertz CT molecular complexity index is 676. The molecule has 1 aromatic heterocycles. The van der Waals surface area contributed by atoms with Crippen LogP contribution >= 0.6 is 0 Å². The number of carboxylic acid groups (broad SMARTS) is 1. The van der Waals surface area contributed by atoms with Gasteiger partial charge in [-0.3, -0.25) is 9.59 Å². The molecule has 0 radical (unpaired) electrons. The summed E-state index contributed by atoms with van der Waals surface area (Å²) in [5.41, 5.74) is 0.127. The van der Waals surface area contributed by atoms with Gasteiger partial charge in [-0.15, -0.1) is 0 Å². The molecule has 1 aromatic carbocycles. The molecule has 0 fully saturated rings. The van der Waals surface area contributed by atoms with Crippen LogP contribution in [0.5, 0.6) is 0 Å². The molecule has 0 aliphatic heterocycles. The third-order valence-corrected chi connectivity index (χ3v) is 2.82. The van der Waals surface area contributed by atoms with Gasteiger partial charge in [-0.1, -0.05) is 6.07 Å². The smallest absolute Gasteiger partial charge is 0.309 e. The average molecular weight is 249 g/mol. The minimum Gasteiger partial charge on any atom is -0.481 e. The molecule has 0 saturated carbocycles. The second-order valence-corrected chi connectivity index (χ2v) is 3.95. The van der Waals surface area contributed by atoms with Crippen molar-refractivity contribution < 1.29 is 14.3 Å². The molecule has 2 rings (SSSR count). The number of carboxylic acids is 1. The van der Waals surface area contributed by atoms with E-state index in [4.69, 9.17) is 5.11 Å². The van der Waals surface area contributed by atoms with Gasteiger partial charge in [-0.2, -0.15) is 0 Å². The standard InChI is InChI=1S/C13H12FNO3/c1-2-15-8(7-12(17)18)6-11(16)9-4-3-5-10(14)13(9)15/h3-6H,2,7H2,1H3,(H,17,18). The molecule has 0 saturated heterocycles.